The summed E-state index contributed by atoms with van der Waals surface area (Å²) in [5.74, 6) is -0.358. The molecule has 1 heterocycles. The van der Waals surface area contributed by atoms with E-state index in [0.717, 1.165) is 12.0 Å². The van der Waals surface area contributed by atoms with Crippen molar-refractivity contribution in [1.82, 2.24) is 4.90 Å². The van der Waals surface area contributed by atoms with Gasteiger partial charge in [0.2, 0.25) is 5.91 Å². The fraction of sp³-hybridized carbons (Fsp3) is 0.467. The first-order chi connectivity index (χ1) is 9.85. The SMILES string of the molecule is CCC(C)N1C(=O)CC(Nc2cc(Cl)c(C)cc2Cl)C1=O. The first-order valence-corrected chi connectivity index (χ1v) is 7.68. The van der Waals surface area contributed by atoms with Crippen LogP contribution in [-0.2, 0) is 9.59 Å². The van der Waals surface area contributed by atoms with Gasteiger partial charge in [0.05, 0.1) is 17.1 Å². The van der Waals surface area contributed by atoms with Gasteiger partial charge < -0.3 is 5.32 Å². The third kappa shape index (κ3) is 3.16. The van der Waals surface area contributed by atoms with Crippen molar-refractivity contribution in [1.29, 1.82) is 0 Å². The first kappa shape index (κ1) is 16.1. The summed E-state index contributed by atoms with van der Waals surface area (Å²) in [5.41, 5.74) is 1.44. The zero-order chi connectivity index (χ0) is 15.7. The van der Waals surface area contributed by atoms with Gasteiger partial charge in [-0.25, -0.2) is 0 Å². The molecule has 1 fully saturated rings. The van der Waals surface area contributed by atoms with Gasteiger partial charge in [0.1, 0.15) is 6.04 Å². The molecule has 2 amide bonds. The number of nitrogens with one attached hydrogen (secondary N) is 1. The summed E-state index contributed by atoms with van der Waals surface area (Å²) in [6, 6.07) is 2.75. The molecule has 0 aromatic heterocycles. The van der Waals surface area contributed by atoms with Crippen molar-refractivity contribution in [3.63, 3.8) is 0 Å². The van der Waals surface area contributed by atoms with E-state index in [1.54, 1.807) is 12.1 Å². The van der Waals surface area contributed by atoms with Crippen LogP contribution in [-0.4, -0.2) is 28.8 Å². The molecule has 0 spiro atoms. The third-order valence-corrected chi connectivity index (χ3v) is 4.51. The maximum Gasteiger partial charge on any atom is 0.252 e. The minimum Gasteiger partial charge on any atom is -0.372 e. The average molecular weight is 329 g/mol. The van der Waals surface area contributed by atoms with Crippen LogP contribution in [0.5, 0.6) is 0 Å². The van der Waals surface area contributed by atoms with E-state index >= 15 is 0 Å². The topological polar surface area (TPSA) is 49.4 Å². The van der Waals surface area contributed by atoms with Gasteiger partial charge in [-0.1, -0.05) is 30.1 Å². The van der Waals surface area contributed by atoms with Crippen LogP contribution in [0.3, 0.4) is 0 Å². The molecule has 1 aliphatic rings. The molecule has 0 aliphatic carbocycles. The van der Waals surface area contributed by atoms with Gasteiger partial charge in [-0.2, -0.15) is 0 Å². The second-order valence-electron chi connectivity index (χ2n) is 5.34. The Kier molecular flexibility index (Phi) is 4.79. The van der Waals surface area contributed by atoms with E-state index in [0.29, 0.717) is 15.7 Å². The van der Waals surface area contributed by atoms with Gasteiger partial charge in [-0.15, -0.1) is 0 Å². The Morgan fingerprint density at radius 3 is 2.62 bits per heavy atom. The van der Waals surface area contributed by atoms with Crippen molar-refractivity contribution in [3.8, 4) is 0 Å². The number of benzene rings is 1. The maximum atomic E-state index is 12.4. The number of halogens is 2. The van der Waals surface area contributed by atoms with Crippen LogP contribution in [0.1, 0.15) is 32.3 Å². The van der Waals surface area contributed by atoms with Crippen LogP contribution in [0.4, 0.5) is 5.69 Å². The van der Waals surface area contributed by atoms with E-state index in [1.165, 1.54) is 4.90 Å². The molecule has 0 saturated carbocycles. The number of amides is 2. The summed E-state index contributed by atoms with van der Waals surface area (Å²) in [6.45, 7) is 5.67. The molecule has 2 rings (SSSR count). The lowest BCUT2D eigenvalue weighted by Gasteiger charge is -2.22. The molecule has 1 aromatic rings. The maximum absolute atomic E-state index is 12.4. The van der Waals surface area contributed by atoms with E-state index in [-0.39, 0.29) is 24.3 Å². The summed E-state index contributed by atoms with van der Waals surface area (Å²) >= 11 is 12.2. The highest BCUT2D eigenvalue weighted by Crippen LogP contribution is 2.31. The molecule has 1 N–H and O–H groups in total. The molecule has 21 heavy (non-hydrogen) atoms. The number of hydrogen-bond acceptors (Lipinski definition) is 3. The van der Waals surface area contributed by atoms with Crippen molar-refractivity contribution < 1.29 is 9.59 Å². The van der Waals surface area contributed by atoms with Gasteiger partial charge in [-0.3, -0.25) is 14.5 Å². The van der Waals surface area contributed by atoms with Crippen LogP contribution in [0.25, 0.3) is 0 Å². The quantitative estimate of drug-likeness (QED) is 0.858. The minimum absolute atomic E-state index is 0.0890. The number of hydrogen-bond donors (Lipinski definition) is 1. The second kappa shape index (κ2) is 6.24. The number of nitrogens with zero attached hydrogens (tertiary/aromatic N) is 1. The molecule has 0 radical (unpaired) electrons. The summed E-state index contributed by atoms with van der Waals surface area (Å²) in [4.78, 5) is 25.7. The smallest absolute Gasteiger partial charge is 0.252 e. The predicted octanol–water partition coefficient (Wildman–Crippen LogP) is 3.64. The monoisotopic (exact) mass is 328 g/mol. The number of likely N-dealkylation sites (tertiary alicyclic amines) is 1. The normalized spacial score (nSPS) is 20.0. The number of rotatable bonds is 4. The number of carbonyl (C=O) groups excluding carboxylic acids is 2. The Morgan fingerprint density at radius 2 is 2.00 bits per heavy atom. The van der Waals surface area contributed by atoms with Crippen LogP contribution in [0.15, 0.2) is 12.1 Å². The Labute approximate surface area is 134 Å². The Hall–Kier alpha value is -1.26. The van der Waals surface area contributed by atoms with Crippen molar-refractivity contribution in [2.24, 2.45) is 0 Å². The summed E-state index contributed by atoms with van der Waals surface area (Å²) < 4.78 is 0. The number of carbonyl (C=O) groups is 2. The third-order valence-electron chi connectivity index (χ3n) is 3.79. The molecule has 1 aliphatic heterocycles. The molecule has 1 aromatic carbocycles. The molecule has 2 atom stereocenters. The molecular weight excluding hydrogens is 311 g/mol. The van der Waals surface area contributed by atoms with Crippen LogP contribution < -0.4 is 5.32 Å². The fourth-order valence-electron chi connectivity index (χ4n) is 2.35. The number of anilines is 1. The van der Waals surface area contributed by atoms with E-state index in [2.05, 4.69) is 5.32 Å². The van der Waals surface area contributed by atoms with Crippen molar-refractivity contribution in [3.05, 3.63) is 27.7 Å². The lowest BCUT2D eigenvalue weighted by molar-refractivity contribution is -0.140. The molecule has 2 unspecified atom stereocenters. The van der Waals surface area contributed by atoms with E-state index in [1.807, 2.05) is 20.8 Å². The average Bonchev–Trinajstić information content (AvgIpc) is 2.70. The fourth-order valence-corrected chi connectivity index (χ4v) is 2.79. The summed E-state index contributed by atoms with van der Waals surface area (Å²) in [6.07, 6.45) is 0.881. The molecule has 4 nitrogen and oxygen atoms in total. The van der Waals surface area contributed by atoms with Gasteiger partial charge in [0.15, 0.2) is 0 Å². The zero-order valence-electron chi connectivity index (χ0n) is 12.2. The molecule has 6 heteroatoms. The largest absolute Gasteiger partial charge is 0.372 e. The highest BCUT2D eigenvalue weighted by molar-refractivity contribution is 6.35. The van der Waals surface area contributed by atoms with E-state index in [9.17, 15) is 9.59 Å². The Bertz CT molecular complexity index is 589. The van der Waals surface area contributed by atoms with E-state index in [4.69, 9.17) is 23.2 Å². The van der Waals surface area contributed by atoms with Crippen LogP contribution in [0.2, 0.25) is 10.0 Å². The van der Waals surface area contributed by atoms with Crippen molar-refractivity contribution in [2.75, 3.05) is 5.32 Å². The van der Waals surface area contributed by atoms with E-state index < -0.39 is 6.04 Å². The van der Waals surface area contributed by atoms with Crippen molar-refractivity contribution >= 4 is 40.7 Å². The van der Waals surface area contributed by atoms with Gasteiger partial charge in [0, 0.05) is 11.1 Å². The Balaban J connectivity index is 2.20. The van der Waals surface area contributed by atoms with Gasteiger partial charge in [0.25, 0.3) is 5.91 Å². The van der Waals surface area contributed by atoms with Gasteiger partial charge in [-0.05, 0) is 38.0 Å². The highest BCUT2D eigenvalue weighted by atomic mass is 35.5. The number of aryl methyl sites for hydroxylation is 1. The standard InChI is InChI=1S/C15H18Cl2N2O2/c1-4-9(3)19-14(20)7-13(15(19)21)18-12-6-10(16)8(2)5-11(12)17/h5-6,9,13,18H,4,7H2,1-3H3. The zero-order valence-corrected chi connectivity index (χ0v) is 13.8. The van der Waals surface area contributed by atoms with Crippen LogP contribution >= 0.6 is 23.2 Å². The number of imide groups is 1. The highest BCUT2D eigenvalue weighted by Gasteiger charge is 2.40. The predicted molar refractivity (Wildman–Crippen MR) is 84.8 cm³/mol. The molecular formula is C15H18Cl2N2O2. The first-order valence-electron chi connectivity index (χ1n) is 6.93. The molecule has 0 bridgehead atoms. The van der Waals surface area contributed by atoms with Crippen LogP contribution in [0, 0.1) is 6.92 Å². The molecule has 114 valence electrons. The summed E-state index contributed by atoms with van der Waals surface area (Å²) in [7, 11) is 0. The second-order valence-corrected chi connectivity index (χ2v) is 6.16. The van der Waals surface area contributed by atoms with Crippen molar-refractivity contribution in [2.45, 2.75) is 45.7 Å². The van der Waals surface area contributed by atoms with Gasteiger partial charge >= 0.3 is 0 Å². The minimum atomic E-state index is -0.581. The Morgan fingerprint density at radius 1 is 1.33 bits per heavy atom. The molecule has 1 saturated heterocycles. The summed E-state index contributed by atoms with van der Waals surface area (Å²) in [5, 5.41) is 4.09. The lowest BCUT2D eigenvalue weighted by atomic mass is 10.2. The lowest BCUT2D eigenvalue weighted by Crippen LogP contribution is -2.40.